The number of hydrogen-bond acceptors (Lipinski definition) is 6. The molecule has 0 radical (unpaired) electrons. The molecule has 0 spiro atoms. The number of aromatic nitrogens is 2. The molecule has 32 heavy (non-hydrogen) atoms. The Hall–Kier alpha value is -3.79. The molecule has 3 aromatic rings. The van der Waals surface area contributed by atoms with E-state index in [0.29, 0.717) is 24.2 Å². The number of amides is 2. The molecule has 0 bridgehead atoms. The fraction of sp³-hybridized carbons (Fsp3) is 0.182. The molecule has 1 fully saturated rings. The van der Waals surface area contributed by atoms with Gasteiger partial charge in [-0.3, -0.25) is 9.59 Å². The number of anilines is 2. The van der Waals surface area contributed by atoms with Gasteiger partial charge in [-0.15, -0.1) is 0 Å². The molecule has 0 aliphatic carbocycles. The summed E-state index contributed by atoms with van der Waals surface area (Å²) in [6.45, 7) is 1.30. The maximum absolute atomic E-state index is 12.5. The highest BCUT2D eigenvalue weighted by atomic mass is 32.2. The summed E-state index contributed by atoms with van der Waals surface area (Å²) in [5.41, 5.74) is 1.87. The van der Waals surface area contributed by atoms with E-state index >= 15 is 0 Å². The molecular formula is C22H21N5O4S. The third kappa shape index (κ3) is 5.09. The summed E-state index contributed by atoms with van der Waals surface area (Å²) in [6.07, 6.45) is 4.34. The van der Waals surface area contributed by atoms with Gasteiger partial charge in [0.2, 0.25) is 11.9 Å². The molecular weight excluding hydrogens is 430 g/mol. The molecule has 0 atom stereocenters. The largest absolute Gasteiger partial charge is 0.338 e. The second kappa shape index (κ2) is 9.15. The Bertz CT molecular complexity index is 1210. The number of nitrogens with one attached hydrogen (secondary N) is 2. The van der Waals surface area contributed by atoms with Gasteiger partial charge in [0.05, 0.1) is 4.90 Å². The van der Waals surface area contributed by atoms with Crippen LogP contribution in [0.2, 0.25) is 0 Å². The molecule has 0 unspecified atom stereocenters. The number of sulfonamides is 1. The van der Waals surface area contributed by atoms with Gasteiger partial charge in [0.1, 0.15) is 0 Å². The second-order valence-electron chi connectivity index (χ2n) is 7.27. The van der Waals surface area contributed by atoms with E-state index in [0.717, 1.165) is 18.5 Å². The summed E-state index contributed by atoms with van der Waals surface area (Å²) in [4.78, 5) is 33.8. The van der Waals surface area contributed by atoms with E-state index in [4.69, 9.17) is 0 Å². The molecule has 1 aliphatic rings. The van der Waals surface area contributed by atoms with Gasteiger partial charge in [-0.25, -0.2) is 23.1 Å². The maximum atomic E-state index is 12.5. The van der Waals surface area contributed by atoms with E-state index in [-0.39, 0.29) is 22.7 Å². The van der Waals surface area contributed by atoms with Crippen LogP contribution < -0.4 is 10.0 Å². The van der Waals surface area contributed by atoms with Crippen LogP contribution in [0.25, 0.3) is 0 Å². The lowest BCUT2D eigenvalue weighted by Crippen LogP contribution is -2.23. The summed E-state index contributed by atoms with van der Waals surface area (Å²) in [5, 5.41) is 2.74. The zero-order chi connectivity index (χ0) is 22.6. The van der Waals surface area contributed by atoms with Crippen LogP contribution in [0.5, 0.6) is 0 Å². The first-order chi connectivity index (χ1) is 15.4. The van der Waals surface area contributed by atoms with Crippen LogP contribution in [0.1, 0.15) is 28.8 Å². The minimum absolute atomic E-state index is 0.0174. The Labute approximate surface area is 185 Å². The predicted molar refractivity (Wildman–Crippen MR) is 118 cm³/mol. The van der Waals surface area contributed by atoms with Crippen LogP contribution in [0.4, 0.5) is 11.6 Å². The minimum Gasteiger partial charge on any atom is -0.338 e. The topological polar surface area (TPSA) is 121 Å². The third-order valence-electron chi connectivity index (χ3n) is 4.97. The van der Waals surface area contributed by atoms with Crippen molar-refractivity contribution >= 4 is 33.5 Å². The molecule has 2 heterocycles. The summed E-state index contributed by atoms with van der Waals surface area (Å²) in [6, 6.07) is 14.4. The van der Waals surface area contributed by atoms with Crippen LogP contribution in [0.3, 0.4) is 0 Å². The molecule has 4 rings (SSSR count). The van der Waals surface area contributed by atoms with Crippen molar-refractivity contribution in [3.8, 4) is 0 Å². The van der Waals surface area contributed by atoms with E-state index in [1.807, 2.05) is 17.0 Å². The molecule has 1 saturated heterocycles. The van der Waals surface area contributed by atoms with Gasteiger partial charge in [0, 0.05) is 43.2 Å². The van der Waals surface area contributed by atoms with Crippen molar-refractivity contribution in [1.82, 2.24) is 14.9 Å². The molecule has 0 saturated carbocycles. The number of nitrogens with zero attached hydrogens (tertiary/aromatic N) is 3. The fourth-order valence-electron chi connectivity index (χ4n) is 3.30. The summed E-state index contributed by atoms with van der Waals surface area (Å²) in [7, 11) is -3.85. The Kier molecular flexibility index (Phi) is 6.13. The lowest BCUT2D eigenvalue weighted by Gasteiger charge is -2.15. The van der Waals surface area contributed by atoms with Crippen molar-refractivity contribution in [2.45, 2.75) is 24.3 Å². The molecule has 10 heteroatoms. The average molecular weight is 452 g/mol. The highest BCUT2D eigenvalue weighted by molar-refractivity contribution is 7.92. The molecule has 9 nitrogen and oxygen atoms in total. The SMILES string of the molecule is O=C(Nc1ccc(S(=O)(=O)Nc2ncccn2)cc1)c1ccc(CN2CCCC2=O)cc1. The first-order valence-corrected chi connectivity index (χ1v) is 11.5. The highest BCUT2D eigenvalue weighted by Gasteiger charge is 2.20. The van der Waals surface area contributed by atoms with Gasteiger partial charge >= 0.3 is 0 Å². The standard InChI is InChI=1S/C22H21N5O4S/c28-20-3-1-14-27(20)15-16-4-6-17(7-5-16)21(29)25-18-8-10-19(11-9-18)32(30,31)26-22-23-12-2-13-24-22/h2,4-13H,1,3,14-15H2,(H,25,29)(H,23,24,26). The summed E-state index contributed by atoms with van der Waals surface area (Å²) < 4.78 is 27.2. The predicted octanol–water partition coefficient (Wildman–Crippen LogP) is 2.65. The van der Waals surface area contributed by atoms with E-state index < -0.39 is 10.0 Å². The number of carbonyl (C=O) groups excluding carboxylic acids is 2. The summed E-state index contributed by atoms with van der Waals surface area (Å²) >= 11 is 0. The van der Waals surface area contributed by atoms with Crippen molar-refractivity contribution in [1.29, 1.82) is 0 Å². The van der Waals surface area contributed by atoms with Crippen LogP contribution in [-0.4, -0.2) is 41.6 Å². The van der Waals surface area contributed by atoms with Gasteiger partial charge in [0.15, 0.2) is 0 Å². The zero-order valence-corrected chi connectivity index (χ0v) is 17.9. The molecule has 2 N–H and O–H groups in total. The van der Waals surface area contributed by atoms with Gasteiger partial charge in [-0.05, 0) is 54.4 Å². The smallest absolute Gasteiger partial charge is 0.264 e. The first kappa shape index (κ1) is 21.4. The van der Waals surface area contributed by atoms with Crippen LogP contribution >= 0.6 is 0 Å². The number of likely N-dealkylation sites (tertiary alicyclic amines) is 1. The van der Waals surface area contributed by atoms with E-state index in [1.54, 1.807) is 18.2 Å². The molecule has 1 aliphatic heterocycles. The van der Waals surface area contributed by atoms with Crippen molar-refractivity contribution in [2.75, 3.05) is 16.6 Å². The Morgan fingerprint density at radius 2 is 1.69 bits per heavy atom. The first-order valence-electron chi connectivity index (χ1n) is 9.99. The summed E-state index contributed by atoms with van der Waals surface area (Å²) in [5.74, 6) is -0.189. The van der Waals surface area contributed by atoms with Crippen molar-refractivity contribution in [3.63, 3.8) is 0 Å². The molecule has 2 amide bonds. The van der Waals surface area contributed by atoms with Gasteiger partial charge in [-0.1, -0.05) is 12.1 Å². The third-order valence-corrected chi connectivity index (χ3v) is 6.32. The maximum Gasteiger partial charge on any atom is 0.264 e. The number of hydrogen-bond donors (Lipinski definition) is 2. The normalized spacial score (nSPS) is 13.8. The Balaban J connectivity index is 1.37. The van der Waals surface area contributed by atoms with Gasteiger partial charge < -0.3 is 10.2 Å². The van der Waals surface area contributed by atoms with Crippen LogP contribution in [0.15, 0.2) is 71.9 Å². The van der Waals surface area contributed by atoms with Gasteiger partial charge in [-0.2, -0.15) is 0 Å². The minimum atomic E-state index is -3.85. The molecule has 1 aromatic heterocycles. The highest BCUT2D eigenvalue weighted by Crippen LogP contribution is 2.18. The molecule has 164 valence electrons. The van der Waals surface area contributed by atoms with Gasteiger partial charge in [0.25, 0.3) is 15.9 Å². The monoisotopic (exact) mass is 451 g/mol. The number of rotatable bonds is 7. The Morgan fingerprint density at radius 1 is 1.00 bits per heavy atom. The van der Waals surface area contributed by atoms with E-state index in [9.17, 15) is 18.0 Å². The zero-order valence-electron chi connectivity index (χ0n) is 17.1. The quantitative estimate of drug-likeness (QED) is 0.570. The number of carbonyl (C=O) groups is 2. The second-order valence-corrected chi connectivity index (χ2v) is 8.95. The lowest BCUT2D eigenvalue weighted by atomic mass is 10.1. The average Bonchev–Trinajstić information content (AvgIpc) is 3.19. The van der Waals surface area contributed by atoms with Crippen molar-refractivity contribution in [2.24, 2.45) is 0 Å². The lowest BCUT2D eigenvalue weighted by molar-refractivity contribution is -0.128. The fourth-order valence-corrected chi connectivity index (χ4v) is 4.26. The Morgan fingerprint density at radius 3 is 2.31 bits per heavy atom. The van der Waals surface area contributed by atoms with Crippen molar-refractivity contribution in [3.05, 3.63) is 78.1 Å². The van der Waals surface area contributed by atoms with Crippen LogP contribution in [-0.2, 0) is 21.4 Å². The molecule has 2 aromatic carbocycles. The van der Waals surface area contributed by atoms with E-state index in [1.165, 1.54) is 36.7 Å². The van der Waals surface area contributed by atoms with E-state index in [2.05, 4.69) is 20.0 Å². The van der Waals surface area contributed by atoms with Crippen LogP contribution in [0, 0.1) is 0 Å². The van der Waals surface area contributed by atoms with Crippen molar-refractivity contribution < 1.29 is 18.0 Å². The number of benzene rings is 2.